The van der Waals surface area contributed by atoms with Crippen LogP contribution < -0.4 is 10.6 Å². The van der Waals surface area contributed by atoms with E-state index >= 15 is 0 Å². The van der Waals surface area contributed by atoms with Crippen LogP contribution >= 0.6 is 0 Å². The summed E-state index contributed by atoms with van der Waals surface area (Å²) in [5.41, 5.74) is -0.135. The zero-order chi connectivity index (χ0) is 15.8. The van der Waals surface area contributed by atoms with Crippen molar-refractivity contribution in [1.82, 2.24) is 10.6 Å². The van der Waals surface area contributed by atoms with Crippen molar-refractivity contribution >= 4 is 17.8 Å². The molecule has 1 aromatic carbocycles. The lowest BCUT2D eigenvalue weighted by Crippen LogP contribution is -2.39. The van der Waals surface area contributed by atoms with Gasteiger partial charge < -0.3 is 15.7 Å². The van der Waals surface area contributed by atoms with E-state index in [2.05, 4.69) is 10.6 Å². The Morgan fingerprint density at radius 2 is 1.90 bits per heavy atom. The highest BCUT2D eigenvalue weighted by atomic mass is 19.1. The van der Waals surface area contributed by atoms with Crippen LogP contribution in [-0.4, -0.2) is 36.0 Å². The molecule has 0 aliphatic rings. The van der Waals surface area contributed by atoms with Gasteiger partial charge in [0.15, 0.2) is 0 Å². The number of carboxylic acids is 1. The zero-order valence-electron chi connectivity index (χ0n) is 11.6. The van der Waals surface area contributed by atoms with E-state index in [1.807, 2.05) is 0 Å². The molecule has 2 amide bonds. The molecule has 114 valence electrons. The van der Waals surface area contributed by atoms with Crippen molar-refractivity contribution in [1.29, 1.82) is 0 Å². The van der Waals surface area contributed by atoms with E-state index in [-0.39, 0.29) is 31.0 Å². The van der Waals surface area contributed by atoms with E-state index < -0.39 is 23.6 Å². The number of nitrogens with one attached hydrogen (secondary N) is 2. The second kappa shape index (κ2) is 7.98. The van der Waals surface area contributed by atoms with Gasteiger partial charge in [-0.1, -0.05) is 19.1 Å². The van der Waals surface area contributed by atoms with Gasteiger partial charge in [-0.2, -0.15) is 0 Å². The lowest BCUT2D eigenvalue weighted by molar-refractivity contribution is -0.138. The molecule has 1 rings (SSSR count). The lowest BCUT2D eigenvalue weighted by Gasteiger charge is -2.11. The van der Waals surface area contributed by atoms with Crippen molar-refractivity contribution < 1.29 is 23.9 Å². The van der Waals surface area contributed by atoms with Gasteiger partial charge in [-0.3, -0.25) is 14.4 Å². The van der Waals surface area contributed by atoms with Gasteiger partial charge in [0.25, 0.3) is 5.91 Å². The second-order valence-corrected chi connectivity index (χ2v) is 4.67. The van der Waals surface area contributed by atoms with Crippen molar-refractivity contribution in [3.63, 3.8) is 0 Å². The molecule has 1 atom stereocenters. The first kappa shape index (κ1) is 16.6. The van der Waals surface area contributed by atoms with Gasteiger partial charge in [-0.05, 0) is 18.1 Å². The molecule has 0 fully saturated rings. The molecule has 0 bridgehead atoms. The minimum Gasteiger partial charge on any atom is -0.481 e. The Labute approximate surface area is 121 Å². The average molecular weight is 296 g/mol. The highest BCUT2D eigenvalue weighted by Crippen LogP contribution is 2.05. The van der Waals surface area contributed by atoms with Crippen LogP contribution in [0.5, 0.6) is 0 Å². The summed E-state index contributed by atoms with van der Waals surface area (Å²) in [7, 11) is 0. The molecule has 0 saturated carbocycles. The number of halogens is 1. The summed E-state index contributed by atoms with van der Waals surface area (Å²) in [5.74, 6) is -2.96. The zero-order valence-corrected chi connectivity index (χ0v) is 11.6. The maximum Gasteiger partial charge on any atom is 0.303 e. The predicted molar refractivity (Wildman–Crippen MR) is 73.2 cm³/mol. The number of benzene rings is 1. The number of rotatable bonds is 7. The van der Waals surface area contributed by atoms with Crippen LogP contribution in [0.3, 0.4) is 0 Å². The third kappa shape index (κ3) is 6.03. The largest absolute Gasteiger partial charge is 0.481 e. The number of carbonyl (C=O) groups excluding carboxylic acids is 2. The van der Waals surface area contributed by atoms with Gasteiger partial charge in [-0.25, -0.2) is 4.39 Å². The van der Waals surface area contributed by atoms with Gasteiger partial charge in [-0.15, -0.1) is 0 Å². The highest BCUT2D eigenvalue weighted by molar-refractivity contribution is 5.96. The molecule has 7 heteroatoms. The molecule has 0 spiro atoms. The summed E-state index contributed by atoms with van der Waals surface area (Å²) in [6.07, 6.45) is -0.0537. The summed E-state index contributed by atoms with van der Waals surface area (Å²) in [6.45, 7) is 1.58. The standard InChI is InChI=1S/C14H17FN2O4/c1-9(6-13(19)20)7-16-12(18)8-17-14(21)10-4-2-3-5-11(10)15/h2-5,9H,6-8H2,1H3,(H,16,18)(H,17,21)(H,19,20). The topological polar surface area (TPSA) is 95.5 Å². The molecular weight excluding hydrogens is 279 g/mol. The molecule has 0 heterocycles. The Bertz CT molecular complexity index is 533. The average Bonchev–Trinajstić information content (AvgIpc) is 2.42. The van der Waals surface area contributed by atoms with Crippen LogP contribution in [0.2, 0.25) is 0 Å². The van der Waals surface area contributed by atoms with Gasteiger partial charge >= 0.3 is 5.97 Å². The van der Waals surface area contributed by atoms with Crippen LogP contribution in [0.1, 0.15) is 23.7 Å². The Kier molecular flexibility index (Phi) is 6.32. The summed E-state index contributed by atoms with van der Waals surface area (Å²) in [4.78, 5) is 33.6. The van der Waals surface area contributed by atoms with Crippen molar-refractivity contribution in [2.75, 3.05) is 13.1 Å². The summed E-state index contributed by atoms with van der Waals surface area (Å²) in [6, 6.07) is 5.45. The van der Waals surface area contributed by atoms with Gasteiger partial charge in [0, 0.05) is 13.0 Å². The highest BCUT2D eigenvalue weighted by Gasteiger charge is 2.13. The van der Waals surface area contributed by atoms with Crippen molar-refractivity contribution in [3.8, 4) is 0 Å². The molecule has 1 unspecified atom stereocenters. The van der Waals surface area contributed by atoms with Crippen molar-refractivity contribution in [2.45, 2.75) is 13.3 Å². The maximum absolute atomic E-state index is 13.3. The minimum absolute atomic E-state index is 0.0537. The minimum atomic E-state index is -0.940. The number of hydrogen-bond acceptors (Lipinski definition) is 3. The molecule has 3 N–H and O–H groups in total. The van der Waals surface area contributed by atoms with E-state index in [0.29, 0.717) is 0 Å². The molecule has 0 saturated heterocycles. The second-order valence-electron chi connectivity index (χ2n) is 4.67. The maximum atomic E-state index is 13.3. The van der Waals surface area contributed by atoms with E-state index in [4.69, 9.17) is 5.11 Å². The molecule has 0 aromatic heterocycles. The molecule has 21 heavy (non-hydrogen) atoms. The third-order valence-electron chi connectivity index (χ3n) is 2.70. The van der Waals surface area contributed by atoms with E-state index in [9.17, 15) is 18.8 Å². The fourth-order valence-corrected chi connectivity index (χ4v) is 1.62. The lowest BCUT2D eigenvalue weighted by atomic mass is 10.1. The first-order chi connectivity index (χ1) is 9.90. The number of carboxylic acid groups (broad SMARTS) is 1. The molecule has 1 aromatic rings. The summed E-state index contributed by atoms with van der Waals surface area (Å²) in [5, 5.41) is 13.4. The van der Waals surface area contributed by atoms with Crippen LogP contribution in [0, 0.1) is 11.7 Å². The van der Waals surface area contributed by atoms with E-state index in [0.717, 1.165) is 6.07 Å². The molecular formula is C14H17FN2O4. The van der Waals surface area contributed by atoms with Gasteiger partial charge in [0.1, 0.15) is 5.82 Å². The van der Waals surface area contributed by atoms with E-state index in [1.165, 1.54) is 18.2 Å². The van der Waals surface area contributed by atoms with E-state index in [1.54, 1.807) is 6.92 Å². The summed E-state index contributed by atoms with van der Waals surface area (Å²) >= 11 is 0. The first-order valence-electron chi connectivity index (χ1n) is 6.41. The van der Waals surface area contributed by atoms with Crippen LogP contribution in [0.4, 0.5) is 4.39 Å². The third-order valence-corrected chi connectivity index (χ3v) is 2.70. The van der Waals surface area contributed by atoms with Crippen LogP contribution in [-0.2, 0) is 9.59 Å². The van der Waals surface area contributed by atoms with Crippen molar-refractivity contribution in [3.05, 3.63) is 35.6 Å². The quantitative estimate of drug-likeness (QED) is 0.693. The van der Waals surface area contributed by atoms with Crippen LogP contribution in [0.15, 0.2) is 24.3 Å². The molecule has 0 aliphatic heterocycles. The normalized spacial score (nSPS) is 11.5. The van der Waals surface area contributed by atoms with Crippen LogP contribution in [0.25, 0.3) is 0 Å². The fourth-order valence-electron chi connectivity index (χ4n) is 1.62. The Balaban J connectivity index is 2.35. The SMILES string of the molecule is CC(CNC(=O)CNC(=O)c1ccccc1F)CC(=O)O. The fraction of sp³-hybridized carbons (Fsp3) is 0.357. The molecule has 6 nitrogen and oxygen atoms in total. The summed E-state index contributed by atoms with van der Waals surface area (Å²) < 4.78 is 13.3. The smallest absolute Gasteiger partial charge is 0.303 e. The molecule has 0 radical (unpaired) electrons. The number of carbonyl (C=O) groups is 3. The Hall–Kier alpha value is -2.44. The molecule has 0 aliphatic carbocycles. The van der Waals surface area contributed by atoms with Crippen molar-refractivity contribution in [2.24, 2.45) is 5.92 Å². The monoisotopic (exact) mass is 296 g/mol. The van der Waals surface area contributed by atoms with Gasteiger partial charge in [0.05, 0.1) is 12.1 Å². The first-order valence-corrected chi connectivity index (χ1v) is 6.41. The van der Waals surface area contributed by atoms with Gasteiger partial charge in [0.2, 0.25) is 5.91 Å². The number of aliphatic carboxylic acids is 1. The predicted octanol–water partition coefficient (Wildman–Crippen LogP) is 0.782. The number of amides is 2. The Morgan fingerprint density at radius 3 is 2.52 bits per heavy atom. The number of hydrogen-bond donors (Lipinski definition) is 3. The Morgan fingerprint density at radius 1 is 1.24 bits per heavy atom.